The maximum atomic E-state index is 14.2. The van der Waals surface area contributed by atoms with Crippen LogP contribution in [-0.2, 0) is 13.6 Å². The summed E-state index contributed by atoms with van der Waals surface area (Å²) in [5.41, 5.74) is 6.33. The Kier molecular flexibility index (Phi) is 7.96. The molecule has 0 bridgehead atoms. The van der Waals surface area contributed by atoms with Crippen molar-refractivity contribution in [1.29, 1.82) is 0 Å². The Labute approximate surface area is 246 Å². The van der Waals surface area contributed by atoms with E-state index in [1.807, 2.05) is 109 Å². The largest absolute Gasteiger partial charge is 0.416 e. The van der Waals surface area contributed by atoms with Crippen LogP contribution in [0.4, 0.5) is 4.79 Å². The summed E-state index contributed by atoms with van der Waals surface area (Å²) in [5, 5.41) is 1.09. The minimum Gasteiger partial charge on any atom is -0.410 e. The van der Waals surface area contributed by atoms with Crippen LogP contribution in [-0.4, -0.2) is 15.6 Å². The summed E-state index contributed by atoms with van der Waals surface area (Å²) in [6.07, 6.45) is 3.93. The second-order valence-electron chi connectivity index (χ2n) is 10.3. The fourth-order valence-electron chi connectivity index (χ4n) is 5.41. The first kappa shape index (κ1) is 26.9. The lowest BCUT2D eigenvalue weighted by Gasteiger charge is -2.30. The quantitative estimate of drug-likeness (QED) is 0.190. The molecule has 1 unspecified atom stereocenters. The first-order valence-electron chi connectivity index (χ1n) is 14.1. The van der Waals surface area contributed by atoms with Crippen LogP contribution < -0.4 is 4.74 Å². The van der Waals surface area contributed by atoms with Gasteiger partial charge in [-0.3, -0.25) is 4.90 Å². The van der Waals surface area contributed by atoms with Gasteiger partial charge in [-0.1, -0.05) is 127 Å². The molecular weight excluding hydrogens is 516 g/mol. The molecule has 6 aromatic rings. The van der Waals surface area contributed by atoms with Crippen molar-refractivity contribution in [2.24, 2.45) is 7.05 Å². The van der Waals surface area contributed by atoms with Crippen molar-refractivity contribution in [2.75, 3.05) is 0 Å². The zero-order valence-electron chi connectivity index (χ0n) is 23.5. The molecule has 0 aliphatic heterocycles. The molecule has 1 amide bonds. The average Bonchev–Trinajstić information content (AvgIpc) is 3.38. The highest BCUT2D eigenvalue weighted by Gasteiger charge is 2.29. The molecule has 42 heavy (non-hydrogen) atoms. The van der Waals surface area contributed by atoms with E-state index >= 15 is 0 Å². The van der Waals surface area contributed by atoms with Gasteiger partial charge in [-0.15, -0.1) is 0 Å². The molecule has 0 fully saturated rings. The van der Waals surface area contributed by atoms with E-state index < -0.39 is 12.1 Å². The smallest absolute Gasteiger partial charge is 0.410 e. The van der Waals surface area contributed by atoms with Gasteiger partial charge in [0, 0.05) is 36.3 Å². The second kappa shape index (κ2) is 12.4. The maximum absolute atomic E-state index is 14.2. The van der Waals surface area contributed by atoms with Gasteiger partial charge < -0.3 is 9.30 Å². The van der Waals surface area contributed by atoms with Gasteiger partial charge >= 0.3 is 6.09 Å². The molecule has 0 N–H and O–H groups in total. The highest BCUT2D eigenvalue weighted by Crippen LogP contribution is 2.36. The van der Waals surface area contributed by atoms with E-state index in [0.717, 1.165) is 38.7 Å². The summed E-state index contributed by atoms with van der Waals surface area (Å²) in [6, 6.07) is 47.9. The number of para-hydroxylation sites is 2. The number of benzene rings is 5. The number of aryl methyl sites for hydroxylation is 1. The normalized spacial score (nSPS) is 11.5. The molecule has 4 heteroatoms. The number of ether oxygens (including phenoxy) is 1. The minimum absolute atomic E-state index is 0.369. The number of fused-ring (bicyclic) bond motifs is 1. The summed E-state index contributed by atoms with van der Waals surface area (Å²) in [4.78, 5) is 16.0. The molecule has 5 aromatic carbocycles. The maximum Gasteiger partial charge on any atom is 0.416 e. The van der Waals surface area contributed by atoms with E-state index in [1.165, 1.54) is 0 Å². The van der Waals surface area contributed by atoms with Gasteiger partial charge in [-0.05, 0) is 46.5 Å². The molecule has 0 saturated heterocycles. The van der Waals surface area contributed by atoms with Crippen molar-refractivity contribution in [2.45, 2.75) is 12.6 Å². The standard InChI is InChI=1S/C38H32N2O2/c1-39-28-35(33-24-14-15-25-36(33)39)37(26-34(30-18-8-3-9-19-30)31-20-10-4-11-21-31)40(27-29-16-6-2-7-17-29)38(41)42-32-22-12-5-13-23-32/h2-26,28,37H,27H2,1H3. The van der Waals surface area contributed by atoms with Gasteiger partial charge in [-0.25, -0.2) is 4.79 Å². The van der Waals surface area contributed by atoms with E-state index in [2.05, 4.69) is 53.2 Å². The molecule has 1 heterocycles. The fraction of sp³-hybridized carbons (Fsp3) is 0.0789. The van der Waals surface area contributed by atoms with Crippen LogP contribution in [0.3, 0.4) is 0 Å². The Morgan fingerprint density at radius 1 is 0.714 bits per heavy atom. The Hall–Kier alpha value is -5.35. The molecule has 0 spiro atoms. The topological polar surface area (TPSA) is 34.5 Å². The zero-order chi connectivity index (χ0) is 28.7. The molecule has 0 aliphatic rings. The summed E-state index contributed by atoms with van der Waals surface area (Å²) in [5.74, 6) is 0.507. The van der Waals surface area contributed by atoms with Crippen molar-refractivity contribution in [1.82, 2.24) is 9.47 Å². The highest BCUT2D eigenvalue weighted by molar-refractivity contribution is 5.87. The monoisotopic (exact) mass is 548 g/mol. The van der Waals surface area contributed by atoms with Gasteiger partial charge in [-0.2, -0.15) is 0 Å². The van der Waals surface area contributed by atoms with Gasteiger partial charge in [0.2, 0.25) is 0 Å². The number of nitrogens with zero attached hydrogens (tertiary/aromatic N) is 2. The number of carbonyl (C=O) groups is 1. The molecule has 4 nitrogen and oxygen atoms in total. The van der Waals surface area contributed by atoms with E-state index in [0.29, 0.717) is 12.3 Å². The van der Waals surface area contributed by atoms with E-state index in [9.17, 15) is 4.79 Å². The molecule has 1 aromatic heterocycles. The van der Waals surface area contributed by atoms with E-state index in [1.54, 1.807) is 12.1 Å². The number of carbonyl (C=O) groups excluding carboxylic acids is 1. The summed E-state index contributed by atoms with van der Waals surface area (Å²) in [7, 11) is 2.05. The summed E-state index contributed by atoms with van der Waals surface area (Å²) < 4.78 is 8.14. The van der Waals surface area contributed by atoms with Gasteiger partial charge in [0.25, 0.3) is 0 Å². The van der Waals surface area contributed by atoms with Crippen molar-refractivity contribution >= 4 is 22.6 Å². The van der Waals surface area contributed by atoms with Crippen LogP contribution in [0.1, 0.15) is 28.3 Å². The number of amides is 1. The van der Waals surface area contributed by atoms with Gasteiger partial charge in [0.1, 0.15) is 5.75 Å². The Balaban J connectivity index is 1.57. The highest BCUT2D eigenvalue weighted by atomic mass is 16.6. The van der Waals surface area contributed by atoms with Crippen molar-refractivity contribution in [3.63, 3.8) is 0 Å². The predicted molar refractivity (Wildman–Crippen MR) is 170 cm³/mol. The number of aromatic nitrogens is 1. The van der Waals surface area contributed by atoms with Crippen LogP contribution in [0, 0.1) is 0 Å². The molecule has 0 aliphatic carbocycles. The molecule has 1 atom stereocenters. The molecular formula is C38H32N2O2. The Bertz CT molecular complexity index is 1750. The SMILES string of the molecule is Cn1cc(C(C=C(c2ccccc2)c2ccccc2)N(Cc2ccccc2)C(=O)Oc2ccccc2)c2ccccc21. The lowest BCUT2D eigenvalue weighted by atomic mass is 9.93. The van der Waals surface area contributed by atoms with Crippen LogP contribution in [0.2, 0.25) is 0 Å². The average molecular weight is 549 g/mol. The predicted octanol–water partition coefficient (Wildman–Crippen LogP) is 9.05. The number of rotatable bonds is 8. The first-order valence-corrected chi connectivity index (χ1v) is 14.1. The Morgan fingerprint density at radius 2 is 1.24 bits per heavy atom. The minimum atomic E-state index is -0.442. The Morgan fingerprint density at radius 3 is 1.86 bits per heavy atom. The van der Waals surface area contributed by atoms with Crippen LogP contribution in [0.25, 0.3) is 16.5 Å². The molecule has 206 valence electrons. The summed E-state index contributed by atoms with van der Waals surface area (Å²) in [6.45, 7) is 0.369. The number of hydrogen-bond donors (Lipinski definition) is 0. The van der Waals surface area contributed by atoms with Crippen LogP contribution >= 0.6 is 0 Å². The number of hydrogen-bond acceptors (Lipinski definition) is 2. The third-order valence-corrected chi connectivity index (χ3v) is 7.45. The fourth-order valence-corrected chi connectivity index (χ4v) is 5.41. The molecule has 0 saturated carbocycles. The van der Waals surface area contributed by atoms with Crippen molar-refractivity contribution in [3.8, 4) is 5.75 Å². The lowest BCUT2D eigenvalue weighted by Crippen LogP contribution is -2.36. The van der Waals surface area contributed by atoms with Crippen LogP contribution in [0.5, 0.6) is 5.75 Å². The van der Waals surface area contributed by atoms with Crippen molar-refractivity contribution < 1.29 is 9.53 Å². The summed E-state index contributed by atoms with van der Waals surface area (Å²) >= 11 is 0. The molecule has 6 rings (SSSR count). The lowest BCUT2D eigenvalue weighted by molar-refractivity contribution is 0.137. The second-order valence-corrected chi connectivity index (χ2v) is 10.3. The first-order chi connectivity index (χ1) is 20.7. The van der Waals surface area contributed by atoms with E-state index in [4.69, 9.17) is 4.74 Å². The third kappa shape index (κ3) is 5.89. The van der Waals surface area contributed by atoms with Gasteiger partial charge in [0.05, 0.1) is 6.04 Å². The van der Waals surface area contributed by atoms with Gasteiger partial charge in [0.15, 0.2) is 0 Å². The van der Waals surface area contributed by atoms with Crippen molar-refractivity contribution in [3.05, 3.63) is 180 Å². The van der Waals surface area contributed by atoms with E-state index in [-0.39, 0.29) is 0 Å². The zero-order valence-corrected chi connectivity index (χ0v) is 23.5. The molecule has 0 radical (unpaired) electrons. The van der Waals surface area contributed by atoms with Crippen LogP contribution in [0.15, 0.2) is 158 Å². The third-order valence-electron chi connectivity index (χ3n) is 7.45.